The van der Waals surface area contributed by atoms with Crippen LogP contribution in [0.3, 0.4) is 0 Å². The quantitative estimate of drug-likeness (QED) is 0.698. The van der Waals surface area contributed by atoms with Crippen molar-refractivity contribution in [2.75, 3.05) is 27.2 Å². The Kier molecular flexibility index (Phi) is 5.20. The second kappa shape index (κ2) is 7.33. The first kappa shape index (κ1) is 16.3. The Morgan fingerprint density at radius 1 is 0.957 bits per heavy atom. The molecule has 2 heterocycles. The second-order valence-corrected chi connectivity index (χ2v) is 7.23. The van der Waals surface area contributed by atoms with Crippen LogP contribution in [0.1, 0.15) is 51.9 Å². The smallest absolute Gasteiger partial charge is 0.176 e. The summed E-state index contributed by atoms with van der Waals surface area (Å²) < 4.78 is 2.40. The summed E-state index contributed by atoms with van der Waals surface area (Å²) in [5.74, 6) is 0. The van der Waals surface area contributed by atoms with Crippen LogP contribution in [-0.4, -0.2) is 42.4 Å². The average molecular weight is 311 g/mol. The van der Waals surface area contributed by atoms with Crippen LogP contribution in [0.4, 0.5) is 0 Å². The van der Waals surface area contributed by atoms with E-state index in [1.165, 1.54) is 86.2 Å². The molecule has 0 radical (unpaired) electrons. The fourth-order valence-electron chi connectivity index (χ4n) is 3.95. The van der Waals surface area contributed by atoms with E-state index in [1.807, 2.05) is 0 Å². The maximum absolute atomic E-state index is 2.40. The van der Waals surface area contributed by atoms with E-state index in [-0.39, 0.29) is 0 Å². The lowest BCUT2D eigenvalue weighted by atomic mass is 9.87. The average Bonchev–Trinajstić information content (AvgIpc) is 3.13. The molecule has 0 atom stereocenters. The highest BCUT2D eigenvalue weighted by atomic mass is 15.1. The van der Waals surface area contributed by atoms with Gasteiger partial charge in [0.25, 0.3) is 0 Å². The van der Waals surface area contributed by atoms with Crippen LogP contribution in [0.2, 0.25) is 0 Å². The first-order valence-corrected chi connectivity index (χ1v) is 9.21. The summed E-state index contributed by atoms with van der Waals surface area (Å²) in [4.78, 5) is 2.40. The highest BCUT2D eigenvalue weighted by Crippen LogP contribution is 2.31. The van der Waals surface area contributed by atoms with Gasteiger partial charge in [-0.2, -0.15) is 0 Å². The standard InChI is InChI=1S/C21H31N2/c1-17-18(11-13-20-9-5-15-22(20)2)7-4-8-19(17)12-14-21-10-6-16-23(21)3/h11-14H,4-10,15-16H2,1-3H3/q+1. The van der Waals surface area contributed by atoms with Crippen molar-refractivity contribution in [3.63, 3.8) is 0 Å². The molecular weight excluding hydrogens is 280 g/mol. The van der Waals surface area contributed by atoms with Gasteiger partial charge in [-0.1, -0.05) is 12.2 Å². The monoisotopic (exact) mass is 311 g/mol. The number of hydrogen-bond acceptors (Lipinski definition) is 1. The second-order valence-electron chi connectivity index (χ2n) is 7.23. The van der Waals surface area contributed by atoms with Gasteiger partial charge in [0.05, 0.1) is 0 Å². The molecule has 3 aliphatic rings. The Balaban J connectivity index is 1.77. The van der Waals surface area contributed by atoms with E-state index in [1.54, 1.807) is 0 Å². The largest absolute Gasteiger partial charge is 0.378 e. The predicted molar refractivity (Wildman–Crippen MR) is 99.0 cm³/mol. The summed E-state index contributed by atoms with van der Waals surface area (Å²) >= 11 is 0. The van der Waals surface area contributed by atoms with Crippen molar-refractivity contribution in [3.05, 3.63) is 46.7 Å². The fraction of sp³-hybridized carbons (Fsp3) is 0.571. The van der Waals surface area contributed by atoms with Crippen LogP contribution in [0.5, 0.6) is 0 Å². The zero-order chi connectivity index (χ0) is 16.2. The number of nitrogens with zero attached hydrogens (tertiary/aromatic N) is 2. The van der Waals surface area contributed by atoms with Crippen LogP contribution in [0, 0.1) is 0 Å². The van der Waals surface area contributed by atoms with E-state index in [2.05, 4.69) is 54.8 Å². The summed E-state index contributed by atoms with van der Waals surface area (Å²) in [5.41, 5.74) is 7.57. The van der Waals surface area contributed by atoms with E-state index >= 15 is 0 Å². The van der Waals surface area contributed by atoms with Gasteiger partial charge in [0.15, 0.2) is 5.71 Å². The summed E-state index contributed by atoms with van der Waals surface area (Å²) in [7, 11) is 4.43. The van der Waals surface area contributed by atoms with Crippen LogP contribution in [-0.2, 0) is 0 Å². The number of allylic oxidation sites excluding steroid dienone is 8. The molecule has 0 bridgehead atoms. The van der Waals surface area contributed by atoms with E-state index in [9.17, 15) is 0 Å². The van der Waals surface area contributed by atoms with Crippen molar-refractivity contribution in [1.82, 2.24) is 4.90 Å². The topological polar surface area (TPSA) is 6.25 Å². The number of rotatable bonds is 3. The normalized spacial score (nSPS) is 26.7. The molecule has 2 nitrogen and oxygen atoms in total. The first-order chi connectivity index (χ1) is 11.1. The van der Waals surface area contributed by atoms with Gasteiger partial charge in [0.1, 0.15) is 13.6 Å². The minimum Gasteiger partial charge on any atom is -0.378 e. The van der Waals surface area contributed by atoms with Gasteiger partial charge in [0, 0.05) is 38.2 Å². The lowest BCUT2D eigenvalue weighted by molar-refractivity contribution is -0.487. The molecule has 0 spiro atoms. The highest BCUT2D eigenvalue weighted by molar-refractivity contribution is 5.91. The number of likely N-dealkylation sites (tertiary alicyclic amines) is 1. The molecular formula is C21H31N2+. The van der Waals surface area contributed by atoms with Crippen molar-refractivity contribution in [3.8, 4) is 0 Å². The van der Waals surface area contributed by atoms with E-state index < -0.39 is 0 Å². The summed E-state index contributed by atoms with van der Waals surface area (Å²) in [5, 5.41) is 0. The Hall–Kier alpha value is -1.57. The zero-order valence-corrected chi connectivity index (χ0v) is 15.1. The van der Waals surface area contributed by atoms with E-state index in [0.717, 1.165) is 0 Å². The van der Waals surface area contributed by atoms with Crippen LogP contribution in [0.25, 0.3) is 0 Å². The molecule has 2 heteroatoms. The molecule has 1 saturated heterocycles. The lowest BCUT2D eigenvalue weighted by Crippen LogP contribution is -2.09. The van der Waals surface area contributed by atoms with Crippen LogP contribution in [0.15, 0.2) is 46.7 Å². The fourth-order valence-corrected chi connectivity index (χ4v) is 3.95. The molecule has 3 rings (SSSR count). The number of hydrogen-bond donors (Lipinski definition) is 0. The SMILES string of the molecule is CC1=C(/C=C/C2=[N+](C)CCC2)CCCC1=C/C=C1\CCCN1C. The molecule has 1 aliphatic carbocycles. The maximum Gasteiger partial charge on any atom is 0.176 e. The Labute approximate surface area is 141 Å². The third kappa shape index (κ3) is 3.85. The third-order valence-electron chi connectivity index (χ3n) is 5.64. The molecule has 0 aromatic rings. The third-order valence-corrected chi connectivity index (χ3v) is 5.64. The van der Waals surface area contributed by atoms with Crippen molar-refractivity contribution in [2.45, 2.75) is 51.9 Å². The molecule has 0 N–H and O–H groups in total. The maximum atomic E-state index is 2.40. The van der Waals surface area contributed by atoms with Crippen LogP contribution >= 0.6 is 0 Å². The van der Waals surface area contributed by atoms with Crippen molar-refractivity contribution < 1.29 is 4.58 Å². The summed E-state index contributed by atoms with van der Waals surface area (Å²) in [6, 6.07) is 0. The van der Waals surface area contributed by atoms with Crippen molar-refractivity contribution in [2.24, 2.45) is 0 Å². The van der Waals surface area contributed by atoms with Crippen molar-refractivity contribution >= 4 is 5.71 Å². The van der Waals surface area contributed by atoms with Gasteiger partial charge >= 0.3 is 0 Å². The van der Waals surface area contributed by atoms with E-state index in [0.29, 0.717) is 0 Å². The molecule has 2 aliphatic heterocycles. The van der Waals surface area contributed by atoms with Gasteiger partial charge in [-0.05, 0) is 61.8 Å². The van der Waals surface area contributed by atoms with Gasteiger partial charge in [-0.15, -0.1) is 0 Å². The predicted octanol–water partition coefficient (Wildman–Crippen LogP) is 4.46. The first-order valence-electron chi connectivity index (χ1n) is 9.21. The molecule has 23 heavy (non-hydrogen) atoms. The van der Waals surface area contributed by atoms with Gasteiger partial charge in [-0.3, -0.25) is 0 Å². The molecule has 0 aromatic heterocycles. The zero-order valence-electron chi connectivity index (χ0n) is 15.1. The van der Waals surface area contributed by atoms with Gasteiger partial charge in [-0.25, -0.2) is 4.58 Å². The lowest BCUT2D eigenvalue weighted by Gasteiger charge is -2.19. The van der Waals surface area contributed by atoms with Crippen LogP contribution < -0.4 is 0 Å². The Morgan fingerprint density at radius 3 is 2.52 bits per heavy atom. The molecule has 0 saturated carbocycles. The summed E-state index contributed by atoms with van der Waals surface area (Å²) in [6.45, 7) is 4.73. The molecule has 0 unspecified atom stereocenters. The van der Waals surface area contributed by atoms with Gasteiger partial charge < -0.3 is 4.90 Å². The minimum absolute atomic E-state index is 1.21. The van der Waals surface area contributed by atoms with E-state index in [4.69, 9.17) is 0 Å². The molecule has 1 fully saturated rings. The Bertz CT molecular complexity index is 614. The molecule has 0 aromatic carbocycles. The minimum atomic E-state index is 1.21. The molecule has 124 valence electrons. The highest BCUT2D eigenvalue weighted by Gasteiger charge is 2.17. The van der Waals surface area contributed by atoms with Gasteiger partial charge in [0.2, 0.25) is 0 Å². The Morgan fingerprint density at radius 2 is 1.83 bits per heavy atom. The molecule has 0 amide bonds. The summed E-state index contributed by atoms with van der Waals surface area (Å²) in [6.07, 6.45) is 18.3. The van der Waals surface area contributed by atoms with Crippen molar-refractivity contribution in [1.29, 1.82) is 0 Å².